The van der Waals surface area contributed by atoms with Crippen LogP contribution >= 0.6 is 11.3 Å². The molecule has 0 radical (unpaired) electrons. The summed E-state index contributed by atoms with van der Waals surface area (Å²) in [6, 6.07) is 9.08. The monoisotopic (exact) mass is 395 g/mol. The van der Waals surface area contributed by atoms with Gasteiger partial charge in [0.05, 0.1) is 16.3 Å². The van der Waals surface area contributed by atoms with Crippen molar-refractivity contribution >= 4 is 28.8 Å². The van der Waals surface area contributed by atoms with Gasteiger partial charge in [0.1, 0.15) is 5.69 Å². The number of thiophene rings is 1. The Bertz CT molecular complexity index is 1130. The highest BCUT2D eigenvalue weighted by molar-refractivity contribution is 7.13. The third kappa shape index (κ3) is 3.23. The van der Waals surface area contributed by atoms with Crippen LogP contribution in [0.1, 0.15) is 23.1 Å². The first-order valence-electron chi connectivity index (χ1n) is 7.99. The summed E-state index contributed by atoms with van der Waals surface area (Å²) in [5.74, 6) is -0.373. The third-order valence-electron chi connectivity index (χ3n) is 3.70. The molecule has 0 aliphatic carbocycles. The SMILES string of the molecule is C/C(=N/NC(=O)c1nnn(-c2nonc2N)c1-c1cccs1)c1ccccn1. The number of pyridine rings is 1. The van der Waals surface area contributed by atoms with E-state index in [4.69, 9.17) is 5.73 Å². The highest BCUT2D eigenvalue weighted by Gasteiger charge is 2.25. The van der Waals surface area contributed by atoms with Crippen molar-refractivity contribution in [1.82, 2.24) is 35.7 Å². The second kappa shape index (κ2) is 7.36. The zero-order chi connectivity index (χ0) is 19.5. The van der Waals surface area contributed by atoms with Gasteiger partial charge in [0.15, 0.2) is 5.69 Å². The minimum Gasteiger partial charge on any atom is -0.378 e. The zero-order valence-electron chi connectivity index (χ0n) is 14.5. The highest BCUT2D eigenvalue weighted by Crippen LogP contribution is 2.29. The van der Waals surface area contributed by atoms with Gasteiger partial charge in [-0.25, -0.2) is 10.1 Å². The number of hydrogen-bond acceptors (Lipinski definition) is 10. The number of hydrogen-bond donors (Lipinski definition) is 2. The van der Waals surface area contributed by atoms with E-state index in [0.29, 0.717) is 17.1 Å². The van der Waals surface area contributed by atoms with Gasteiger partial charge in [0.2, 0.25) is 11.6 Å². The van der Waals surface area contributed by atoms with Gasteiger partial charge in [0.25, 0.3) is 5.91 Å². The molecule has 0 fully saturated rings. The Morgan fingerprint density at radius 1 is 1.29 bits per heavy atom. The van der Waals surface area contributed by atoms with Crippen molar-refractivity contribution in [3.63, 3.8) is 0 Å². The van der Waals surface area contributed by atoms with Crippen molar-refractivity contribution in [2.24, 2.45) is 5.10 Å². The average molecular weight is 395 g/mol. The molecule has 0 saturated carbocycles. The van der Waals surface area contributed by atoms with Crippen LogP contribution in [-0.2, 0) is 0 Å². The summed E-state index contributed by atoms with van der Waals surface area (Å²) < 4.78 is 5.94. The Balaban J connectivity index is 1.69. The second-order valence-corrected chi connectivity index (χ2v) is 6.45. The molecule has 4 heterocycles. The van der Waals surface area contributed by atoms with Crippen LogP contribution in [0.3, 0.4) is 0 Å². The van der Waals surface area contributed by atoms with Gasteiger partial charge in [-0.3, -0.25) is 9.78 Å². The number of hydrazone groups is 1. The third-order valence-corrected chi connectivity index (χ3v) is 4.57. The molecule has 4 rings (SSSR count). The molecule has 4 aromatic rings. The highest BCUT2D eigenvalue weighted by atomic mass is 32.1. The van der Waals surface area contributed by atoms with E-state index in [-0.39, 0.29) is 17.3 Å². The lowest BCUT2D eigenvalue weighted by Gasteiger charge is -2.04. The van der Waals surface area contributed by atoms with Gasteiger partial charge in [-0.15, -0.1) is 16.4 Å². The number of carbonyl (C=O) groups is 1. The van der Waals surface area contributed by atoms with Crippen molar-refractivity contribution < 1.29 is 9.42 Å². The fourth-order valence-electron chi connectivity index (χ4n) is 2.38. The predicted molar refractivity (Wildman–Crippen MR) is 101 cm³/mol. The lowest BCUT2D eigenvalue weighted by atomic mass is 10.2. The zero-order valence-corrected chi connectivity index (χ0v) is 15.3. The average Bonchev–Trinajstić information content (AvgIpc) is 3.46. The van der Waals surface area contributed by atoms with Crippen LogP contribution in [0.15, 0.2) is 51.6 Å². The van der Waals surface area contributed by atoms with Crippen LogP contribution in [-0.4, -0.2) is 41.9 Å². The van der Waals surface area contributed by atoms with Crippen LogP contribution in [0.2, 0.25) is 0 Å². The number of nitrogen functional groups attached to an aromatic ring is 1. The first-order valence-corrected chi connectivity index (χ1v) is 8.87. The number of carbonyl (C=O) groups excluding carboxylic acids is 1. The normalized spacial score (nSPS) is 11.5. The molecule has 1 amide bonds. The summed E-state index contributed by atoms with van der Waals surface area (Å²) in [7, 11) is 0. The Morgan fingerprint density at radius 3 is 2.86 bits per heavy atom. The maximum atomic E-state index is 12.7. The molecule has 4 aromatic heterocycles. The summed E-state index contributed by atoms with van der Waals surface area (Å²) in [5, 5.41) is 21.2. The van der Waals surface area contributed by atoms with Crippen molar-refractivity contribution in [2.75, 3.05) is 5.73 Å². The number of nitrogens with zero attached hydrogens (tertiary/aromatic N) is 7. The Morgan fingerprint density at radius 2 is 2.18 bits per heavy atom. The van der Waals surface area contributed by atoms with Crippen molar-refractivity contribution in [1.29, 1.82) is 0 Å². The molecule has 0 aliphatic rings. The molecular weight excluding hydrogens is 382 g/mol. The molecule has 0 unspecified atom stereocenters. The molecule has 140 valence electrons. The second-order valence-electron chi connectivity index (χ2n) is 5.50. The number of nitrogens with one attached hydrogen (secondary N) is 1. The first kappa shape index (κ1) is 17.5. The number of rotatable bonds is 5. The van der Waals surface area contributed by atoms with E-state index < -0.39 is 5.91 Å². The van der Waals surface area contributed by atoms with Gasteiger partial charge in [-0.05, 0) is 40.8 Å². The smallest absolute Gasteiger partial charge is 0.294 e. The predicted octanol–water partition coefficient (Wildman–Crippen LogP) is 1.51. The summed E-state index contributed by atoms with van der Waals surface area (Å²) in [4.78, 5) is 17.6. The quantitative estimate of drug-likeness (QED) is 0.381. The fourth-order valence-corrected chi connectivity index (χ4v) is 3.13. The number of nitrogens with two attached hydrogens (primary N) is 1. The first-order chi connectivity index (χ1) is 13.6. The molecule has 0 aromatic carbocycles. The lowest BCUT2D eigenvalue weighted by Crippen LogP contribution is -2.21. The molecule has 0 bridgehead atoms. The van der Waals surface area contributed by atoms with Gasteiger partial charge in [-0.2, -0.15) is 9.78 Å². The molecule has 3 N–H and O–H groups in total. The van der Waals surface area contributed by atoms with E-state index in [1.807, 2.05) is 23.6 Å². The molecule has 0 spiro atoms. The van der Waals surface area contributed by atoms with Crippen LogP contribution in [0.25, 0.3) is 16.4 Å². The molecule has 0 atom stereocenters. The summed E-state index contributed by atoms with van der Waals surface area (Å²) >= 11 is 1.40. The van der Waals surface area contributed by atoms with Gasteiger partial charge in [0, 0.05) is 6.20 Å². The molecule has 0 saturated heterocycles. The van der Waals surface area contributed by atoms with Crippen LogP contribution in [0, 0.1) is 0 Å². The van der Waals surface area contributed by atoms with E-state index in [1.165, 1.54) is 16.0 Å². The topological polar surface area (TPSA) is 150 Å². The van der Waals surface area contributed by atoms with Gasteiger partial charge in [-0.1, -0.05) is 17.3 Å². The van der Waals surface area contributed by atoms with Crippen molar-refractivity contribution in [2.45, 2.75) is 6.92 Å². The fraction of sp³-hybridized carbons (Fsp3) is 0.0625. The maximum absolute atomic E-state index is 12.7. The number of amides is 1. The standard InChI is InChI=1S/C16H13N9O2S/c1-9(10-5-2-3-7-18-10)19-21-16(26)12-13(11-6-4-8-28-11)25(24-20-12)15-14(17)22-27-23-15/h2-8H,1H3,(H2,17,22)(H,21,26)/b19-9-. The Labute approximate surface area is 161 Å². The van der Waals surface area contributed by atoms with E-state index in [1.54, 1.807) is 25.3 Å². The van der Waals surface area contributed by atoms with Crippen molar-refractivity contribution in [3.05, 3.63) is 53.3 Å². The summed E-state index contributed by atoms with van der Waals surface area (Å²) in [6.07, 6.45) is 1.65. The van der Waals surface area contributed by atoms with Crippen LogP contribution in [0.4, 0.5) is 5.82 Å². The Hall–Kier alpha value is -3.93. The molecular formula is C16H13N9O2S. The number of aromatic nitrogens is 6. The molecule has 12 heteroatoms. The largest absolute Gasteiger partial charge is 0.378 e. The molecule has 11 nitrogen and oxygen atoms in total. The summed E-state index contributed by atoms with van der Waals surface area (Å²) in [5.41, 5.74) is 9.89. The van der Waals surface area contributed by atoms with Gasteiger partial charge >= 0.3 is 0 Å². The van der Waals surface area contributed by atoms with E-state index in [2.05, 4.69) is 40.8 Å². The van der Waals surface area contributed by atoms with E-state index in [0.717, 1.165) is 4.88 Å². The summed E-state index contributed by atoms with van der Waals surface area (Å²) in [6.45, 7) is 1.74. The van der Waals surface area contributed by atoms with E-state index >= 15 is 0 Å². The Kier molecular flexibility index (Phi) is 4.60. The van der Waals surface area contributed by atoms with E-state index in [9.17, 15) is 4.79 Å². The maximum Gasteiger partial charge on any atom is 0.294 e. The lowest BCUT2D eigenvalue weighted by molar-refractivity contribution is 0.0950. The minimum absolute atomic E-state index is 0.0266. The van der Waals surface area contributed by atoms with Crippen molar-refractivity contribution in [3.8, 4) is 16.4 Å². The van der Waals surface area contributed by atoms with Crippen LogP contribution < -0.4 is 11.2 Å². The molecule has 0 aliphatic heterocycles. The van der Waals surface area contributed by atoms with Crippen LogP contribution in [0.5, 0.6) is 0 Å². The van der Waals surface area contributed by atoms with Gasteiger partial charge < -0.3 is 5.73 Å². The number of anilines is 1. The minimum atomic E-state index is -0.542. The molecule has 28 heavy (non-hydrogen) atoms.